The number of pyridine rings is 1. The van der Waals surface area contributed by atoms with Crippen molar-refractivity contribution >= 4 is 38.5 Å². The minimum Gasteiger partial charge on any atom is -0.497 e. The fourth-order valence-electron chi connectivity index (χ4n) is 4.42. The molecule has 0 fully saturated rings. The van der Waals surface area contributed by atoms with E-state index in [1.165, 1.54) is 5.52 Å². The molecule has 2 heterocycles. The van der Waals surface area contributed by atoms with Crippen molar-refractivity contribution < 1.29 is 9.53 Å². The van der Waals surface area contributed by atoms with Crippen molar-refractivity contribution in [2.24, 2.45) is 7.05 Å². The molecule has 0 aliphatic carbocycles. The number of amides is 1. The molecule has 6 nitrogen and oxygen atoms in total. The van der Waals surface area contributed by atoms with E-state index in [1.54, 1.807) is 13.3 Å². The molecule has 156 valence electrons. The molecule has 0 spiro atoms. The monoisotopic (exact) mass is 404 g/mol. The molecule has 0 aliphatic rings. The zero-order chi connectivity index (χ0) is 21.6. The van der Waals surface area contributed by atoms with Crippen molar-refractivity contribution in [2.75, 3.05) is 34.3 Å². The van der Waals surface area contributed by atoms with Gasteiger partial charge in [0.25, 0.3) is 5.91 Å². The van der Waals surface area contributed by atoms with E-state index >= 15 is 0 Å². The maximum atomic E-state index is 13.0. The quantitative estimate of drug-likeness (QED) is 0.550. The Hall–Kier alpha value is -3.12. The Balaban J connectivity index is 2.01. The molecule has 30 heavy (non-hydrogen) atoms. The molecule has 1 amide bonds. The van der Waals surface area contributed by atoms with Crippen LogP contribution in [0, 0.1) is 13.8 Å². The average molecular weight is 405 g/mol. The Morgan fingerprint density at radius 2 is 1.90 bits per heavy atom. The van der Waals surface area contributed by atoms with Crippen LogP contribution in [0.3, 0.4) is 0 Å². The SMILES string of the molecule is COc1ccc2c(c1)c1c(C)c3c(C(=O)NCCN(C)C)nccc3c(C)c1n2C. The first-order valence-electron chi connectivity index (χ1n) is 10.1. The number of hydrogen-bond donors (Lipinski definition) is 1. The second kappa shape index (κ2) is 7.61. The summed E-state index contributed by atoms with van der Waals surface area (Å²) in [7, 11) is 7.74. The van der Waals surface area contributed by atoms with Crippen molar-refractivity contribution in [3.63, 3.8) is 0 Å². The predicted molar refractivity (Wildman–Crippen MR) is 123 cm³/mol. The number of methoxy groups -OCH3 is 1. The summed E-state index contributed by atoms with van der Waals surface area (Å²) in [6.45, 7) is 5.56. The fourth-order valence-corrected chi connectivity index (χ4v) is 4.42. The fraction of sp³-hybridized carbons (Fsp3) is 0.333. The first-order valence-corrected chi connectivity index (χ1v) is 10.1. The van der Waals surface area contributed by atoms with Crippen LogP contribution in [-0.2, 0) is 7.05 Å². The molecule has 0 unspecified atom stereocenters. The van der Waals surface area contributed by atoms with E-state index in [2.05, 4.69) is 47.9 Å². The molecular formula is C24H28N4O2. The summed E-state index contributed by atoms with van der Waals surface area (Å²) in [4.78, 5) is 19.5. The highest BCUT2D eigenvalue weighted by molar-refractivity contribution is 6.20. The minimum absolute atomic E-state index is 0.137. The largest absolute Gasteiger partial charge is 0.497 e. The van der Waals surface area contributed by atoms with Crippen LogP contribution < -0.4 is 10.1 Å². The molecule has 2 aromatic carbocycles. The highest BCUT2D eigenvalue weighted by atomic mass is 16.5. The molecule has 4 aromatic rings. The van der Waals surface area contributed by atoms with Gasteiger partial charge in [0.15, 0.2) is 0 Å². The molecule has 0 saturated heterocycles. The number of carbonyl (C=O) groups excluding carboxylic acids is 1. The van der Waals surface area contributed by atoms with E-state index in [0.717, 1.165) is 50.5 Å². The number of fused-ring (bicyclic) bond motifs is 4. The van der Waals surface area contributed by atoms with Crippen LogP contribution >= 0.6 is 0 Å². The van der Waals surface area contributed by atoms with Gasteiger partial charge >= 0.3 is 0 Å². The van der Waals surface area contributed by atoms with E-state index in [9.17, 15) is 4.79 Å². The highest BCUT2D eigenvalue weighted by Crippen LogP contribution is 2.39. The van der Waals surface area contributed by atoms with Crippen molar-refractivity contribution in [3.05, 3.63) is 47.3 Å². The van der Waals surface area contributed by atoms with Gasteiger partial charge in [0.2, 0.25) is 0 Å². The first kappa shape index (κ1) is 20.2. The Bertz CT molecular complexity index is 1290. The molecule has 0 radical (unpaired) electrons. The predicted octanol–water partition coefficient (Wildman–Crippen LogP) is 3.80. The van der Waals surface area contributed by atoms with E-state index in [-0.39, 0.29) is 5.91 Å². The maximum absolute atomic E-state index is 13.0. The van der Waals surface area contributed by atoms with Crippen LogP contribution in [-0.4, -0.2) is 54.7 Å². The number of rotatable bonds is 5. The van der Waals surface area contributed by atoms with Crippen LogP contribution in [0.1, 0.15) is 21.6 Å². The van der Waals surface area contributed by atoms with Gasteiger partial charge in [-0.25, -0.2) is 0 Å². The van der Waals surface area contributed by atoms with E-state index in [1.807, 2.05) is 31.1 Å². The average Bonchev–Trinajstić information content (AvgIpc) is 3.03. The summed E-state index contributed by atoms with van der Waals surface area (Å²) < 4.78 is 7.70. The van der Waals surface area contributed by atoms with Crippen LogP contribution in [0.15, 0.2) is 30.5 Å². The number of likely N-dealkylation sites (N-methyl/N-ethyl adjacent to an activating group) is 1. The molecule has 0 bridgehead atoms. The molecule has 2 aromatic heterocycles. The number of nitrogens with one attached hydrogen (secondary N) is 1. The number of carbonyl (C=O) groups is 1. The summed E-state index contributed by atoms with van der Waals surface area (Å²) >= 11 is 0. The number of nitrogens with zero attached hydrogens (tertiary/aromatic N) is 3. The number of aromatic nitrogens is 2. The van der Waals surface area contributed by atoms with Crippen LogP contribution in [0.2, 0.25) is 0 Å². The lowest BCUT2D eigenvalue weighted by atomic mass is 9.94. The number of hydrogen-bond acceptors (Lipinski definition) is 4. The lowest BCUT2D eigenvalue weighted by Gasteiger charge is -2.15. The molecule has 1 N–H and O–H groups in total. The smallest absolute Gasteiger partial charge is 0.270 e. The van der Waals surface area contributed by atoms with Gasteiger partial charge in [-0.15, -0.1) is 0 Å². The normalized spacial score (nSPS) is 11.7. The number of benzene rings is 2. The van der Waals surface area contributed by atoms with E-state index in [0.29, 0.717) is 12.2 Å². The number of aryl methyl sites for hydroxylation is 3. The Kier molecular flexibility index (Phi) is 5.12. The molecule has 0 saturated carbocycles. The third-order valence-corrected chi connectivity index (χ3v) is 5.93. The van der Waals surface area contributed by atoms with Crippen molar-refractivity contribution in [2.45, 2.75) is 13.8 Å². The summed E-state index contributed by atoms with van der Waals surface area (Å²) in [5.41, 5.74) is 5.00. The van der Waals surface area contributed by atoms with Gasteiger partial charge in [-0.05, 0) is 68.7 Å². The standard InChI is InChI=1S/C24H28N4O2/c1-14-17-9-10-25-22(24(29)26-11-12-27(3)4)20(17)15(2)21-18-13-16(30-6)7-8-19(18)28(5)23(14)21/h7-10,13H,11-12H2,1-6H3,(H,26,29). The van der Waals surface area contributed by atoms with Crippen molar-refractivity contribution in [1.29, 1.82) is 0 Å². The van der Waals surface area contributed by atoms with Gasteiger partial charge in [-0.1, -0.05) is 0 Å². The lowest BCUT2D eigenvalue weighted by Crippen LogP contribution is -2.32. The maximum Gasteiger partial charge on any atom is 0.270 e. The third kappa shape index (κ3) is 3.08. The molecule has 0 atom stereocenters. The Morgan fingerprint density at radius 3 is 2.60 bits per heavy atom. The molecule has 6 heteroatoms. The molecular weight excluding hydrogens is 376 g/mol. The van der Waals surface area contributed by atoms with Gasteiger partial charge in [-0.3, -0.25) is 9.78 Å². The van der Waals surface area contributed by atoms with Gasteiger partial charge in [0, 0.05) is 48.0 Å². The van der Waals surface area contributed by atoms with Gasteiger partial charge in [0.1, 0.15) is 11.4 Å². The summed E-state index contributed by atoms with van der Waals surface area (Å²) in [5, 5.41) is 7.25. The Morgan fingerprint density at radius 1 is 1.13 bits per heavy atom. The Labute approximate surface area is 176 Å². The van der Waals surface area contributed by atoms with Crippen molar-refractivity contribution in [1.82, 2.24) is 19.8 Å². The van der Waals surface area contributed by atoms with Crippen LogP contribution in [0.5, 0.6) is 5.75 Å². The summed E-state index contributed by atoms with van der Waals surface area (Å²) in [5.74, 6) is 0.683. The van der Waals surface area contributed by atoms with Gasteiger partial charge in [0.05, 0.1) is 12.6 Å². The highest BCUT2D eigenvalue weighted by Gasteiger charge is 2.21. The van der Waals surface area contributed by atoms with Crippen LogP contribution in [0.25, 0.3) is 32.6 Å². The number of ether oxygens (including phenoxy) is 1. The topological polar surface area (TPSA) is 59.4 Å². The summed E-state index contributed by atoms with van der Waals surface area (Å²) in [6.07, 6.45) is 1.73. The van der Waals surface area contributed by atoms with Crippen molar-refractivity contribution in [3.8, 4) is 5.75 Å². The summed E-state index contributed by atoms with van der Waals surface area (Å²) in [6, 6.07) is 8.15. The zero-order valence-corrected chi connectivity index (χ0v) is 18.5. The van der Waals surface area contributed by atoms with Gasteiger partial charge in [-0.2, -0.15) is 0 Å². The van der Waals surface area contributed by atoms with Gasteiger partial charge < -0.3 is 19.5 Å². The zero-order valence-electron chi connectivity index (χ0n) is 18.5. The molecule has 4 rings (SSSR count). The second-order valence-electron chi connectivity index (χ2n) is 8.06. The van der Waals surface area contributed by atoms with Crippen LogP contribution in [0.4, 0.5) is 0 Å². The second-order valence-corrected chi connectivity index (χ2v) is 8.06. The van der Waals surface area contributed by atoms with E-state index < -0.39 is 0 Å². The van der Waals surface area contributed by atoms with E-state index in [4.69, 9.17) is 4.74 Å². The molecule has 0 aliphatic heterocycles. The first-order chi connectivity index (χ1) is 14.3. The lowest BCUT2D eigenvalue weighted by molar-refractivity contribution is 0.0948. The minimum atomic E-state index is -0.137. The third-order valence-electron chi connectivity index (χ3n) is 5.93.